The van der Waals surface area contributed by atoms with Gasteiger partial charge >= 0.3 is 8.56 Å². The molecule has 0 amide bonds. The zero-order valence-electron chi connectivity index (χ0n) is 15.9. The average Bonchev–Trinajstić information content (AvgIpc) is 2.49. The Labute approximate surface area is 141 Å². The van der Waals surface area contributed by atoms with Crippen molar-refractivity contribution in [1.29, 1.82) is 0 Å². The van der Waals surface area contributed by atoms with Gasteiger partial charge < -0.3 is 8.85 Å². The Balaban J connectivity index is 3.30. The summed E-state index contributed by atoms with van der Waals surface area (Å²) in [5, 5.41) is 0. The zero-order valence-corrected chi connectivity index (χ0v) is 16.9. The van der Waals surface area contributed by atoms with E-state index in [0.717, 1.165) is 13.2 Å². The van der Waals surface area contributed by atoms with Crippen LogP contribution in [0.4, 0.5) is 0 Å². The first-order valence-corrected chi connectivity index (χ1v) is 12.7. The highest BCUT2D eigenvalue weighted by atomic mass is 28.4. The first-order chi connectivity index (χ1) is 10.6. The zero-order chi connectivity index (χ0) is 16.5. The van der Waals surface area contributed by atoms with E-state index in [-0.39, 0.29) is 0 Å². The van der Waals surface area contributed by atoms with E-state index in [1.54, 1.807) is 0 Å². The molecular formula is C19H42O2Si. The van der Waals surface area contributed by atoms with E-state index in [1.165, 1.54) is 83.5 Å². The van der Waals surface area contributed by atoms with E-state index < -0.39 is 8.56 Å². The summed E-state index contributed by atoms with van der Waals surface area (Å²) in [4.78, 5) is 0. The van der Waals surface area contributed by atoms with Crippen LogP contribution in [0.15, 0.2) is 0 Å². The first-order valence-electron chi connectivity index (χ1n) is 9.90. The fourth-order valence-electron chi connectivity index (χ4n) is 2.62. The summed E-state index contributed by atoms with van der Waals surface area (Å²) in [5.41, 5.74) is 0. The number of rotatable bonds is 17. The van der Waals surface area contributed by atoms with Crippen LogP contribution in [-0.2, 0) is 8.85 Å². The highest BCUT2D eigenvalue weighted by Crippen LogP contribution is 2.12. The largest absolute Gasteiger partial charge is 0.395 e. The molecule has 0 atom stereocenters. The maximum Gasteiger partial charge on any atom is 0.331 e. The molecule has 0 fully saturated rings. The van der Waals surface area contributed by atoms with Crippen LogP contribution >= 0.6 is 0 Å². The summed E-state index contributed by atoms with van der Waals surface area (Å²) in [5.74, 6) is 0. The molecule has 0 unspecified atom stereocenters. The highest BCUT2D eigenvalue weighted by Gasteiger charge is 2.23. The molecule has 3 heteroatoms. The molecule has 0 aliphatic rings. The van der Waals surface area contributed by atoms with Crippen LogP contribution in [-0.4, -0.2) is 21.8 Å². The van der Waals surface area contributed by atoms with Gasteiger partial charge in [0.15, 0.2) is 0 Å². The topological polar surface area (TPSA) is 18.5 Å². The Morgan fingerprint density at radius 3 is 1.23 bits per heavy atom. The molecule has 0 radical (unpaired) electrons. The lowest BCUT2D eigenvalue weighted by molar-refractivity contribution is 0.173. The number of unbranched alkanes of at least 4 members (excludes halogenated alkanes) is 11. The van der Waals surface area contributed by atoms with Crippen molar-refractivity contribution in [2.75, 3.05) is 13.2 Å². The summed E-state index contributed by atoms with van der Waals surface area (Å²) < 4.78 is 12.0. The molecule has 0 saturated carbocycles. The van der Waals surface area contributed by atoms with Crippen molar-refractivity contribution in [3.05, 3.63) is 0 Å². The van der Waals surface area contributed by atoms with Crippen LogP contribution in [0.3, 0.4) is 0 Å². The molecule has 134 valence electrons. The van der Waals surface area contributed by atoms with Gasteiger partial charge in [-0.25, -0.2) is 0 Å². The lowest BCUT2D eigenvalue weighted by Gasteiger charge is -2.22. The molecular weight excluding hydrogens is 288 g/mol. The van der Waals surface area contributed by atoms with E-state index in [1.807, 2.05) is 0 Å². The Hall–Kier alpha value is 0.137. The summed E-state index contributed by atoms with van der Waals surface area (Å²) in [6.45, 7) is 10.7. The third kappa shape index (κ3) is 16.5. The number of hydrogen-bond acceptors (Lipinski definition) is 2. The Bertz CT molecular complexity index is 219. The van der Waals surface area contributed by atoms with Gasteiger partial charge in [-0.3, -0.25) is 0 Å². The van der Waals surface area contributed by atoms with E-state index in [4.69, 9.17) is 8.85 Å². The normalized spacial score (nSPS) is 12.0. The van der Waals surface area contributed by atoms with Crippen molar-refractivity contribution in [2.45, 2.75) is 110 Å². The molecule has 0 aliphatic heterocycles. The van der Waals surface area contributed by atoms with E-state index in [2.05, 4.69) is 26.9 Å². The molecule has 0 rings (SSSR count). The molecule has 0 spiro atoms. The molecule has 0 aromatic heterocycles. The van der Waals surface area contributed by atoms with Crippen molar-refractivity contribution < 1.29 is 8.85 Å². The maximum absolute atomic E-state index is 6.01. The fourth-order valence-corrected chi connectivity index (χ4v) is 3.97. The second kappa shape index (κ2) is 16.0. The van der Waals surface area contributed by atoms with Gasteiger partial charge in [0, 0.05) is 13.2 Å². The maximum atomic E-state index is 6.01. The lowest BCUT2D eigenvalue weighted by Crippen LogP contribution is -2.35. The van der Waals surface area contributed by atoms with E-state index in [0.29, 0.717) is 0 Å². The second-order valence-electron chi connectivity index (χ2n) is 6.99. The first kappa shape index (κ1) is 22.1. The van der Waals surface area contributed by atoms with Crippen LogP contribution < -0.4 is 0 Å². The molecule has 0 heterocycles. The summed E-state index contributed by atoms with van der Waals surface area (Å²) in [6.07, 6.45) is 17.4. The standard InChI is InChI=1S/C19H42O2Si/c1-5-7-9-11-12-13-14-15-17-19-21-22(3,4)20-18-16-10-8-6-2/h5-19H2,1-4H3. The second-order valence-corrected chi connectivity index (χ2v) is 10.4. The van der Waals surface area contributed by atoms with Crippen LogP contribution in [0.5, 0.6) is 0 Å². The minimum atomic E-state index is -1.85. The van der Waals surface area contributed by atoms with Gasteiger partial charge in [0.2, 0.25) is 0 Å². The monoisotopic (exact) mass is 330 g/mol. The van der Waals surface area contributed by atoms with Gasteiger partial charge in [-0.05, 0) is 25.9 Å². The summed E-state index contributed by atoms with van der Waals surface area (Å²) in [7, 11) is -1.85. The SMILES string of the molecule is CCCCCCCCCCCO[Si](C)(C)OCCCCCC. The summed E-state index contributed by atoms with van der Waals surface area (Å²) in [6, 6.07) is 0. The predicted octanol–water partition coefficient (Wildman–Crippen LogP) is 6.83. The van der Waals surface area contributed by atoms with Gasteiger partial charge in [-0.15, -0.1) is 0 Å². The van der Waals surface area contributed by atoms with Crippen molar-refractivity contribution in [2.24, 2.45) is 0 Å². The molecule has 0 aliphatic carbocycles. The van der Waals surface area contributed by atoms with Gasteiger partial charge in [-0.1, -0.05) is 84.5 Å². The van der Waals surface area contributed by atoms with Crippen LogP contribution in [0, 0.1) is 0 Å². The van der Waals surface area contributed by atoms with Crippen molar-refractivity contribution >= 4 is 8.56 Å². The van der Waals surface area contributed by atoms with Crippen LogP contribution in [0.1, 0.15) is 97.3 Å². The fraction of sp³-hybridized carbons (Fsp3) is 1.00. The Kier molecular flexibility index (Phi) is 16.1. The molecule has 0 aromatic carbocycles. The smallest absolute Gasteiger partial charge is 0.331 e. The minimum absolute atomic E-state index is 0.886. The average molecular weight is 331 g/mol. The van der Waals surface area contributed by atoms with Crippen LogP contribution in [0.25, 0.3) is 0 Å². The van der Waals surface area contributed by atoms with E-state index >= 15 is 0 Å². The molecule has 22 heavy (non-hydrogen) atoms. The molecule has 0 bridgehead atoms. The van der Waals surface area contributed by atoms with Gasteiger partial charge in [0.25, 0.3) is 0 Å². The lowest BCUT2D eigenvalue weighted by atomic mass is 10.1. The highest BCUT2D eigenvalue weighted by molar-refractivity contribution is 6.64. The Morgan fingerprint density at radius 2 is 0.818 bits per heavy atom. The van der Waals surface area contributed by atoms with Gasteiger partial charge in [0.1, 0.15) is 0 Å². The predicted molar refractivity (Wildman–Crippen MR) is 101 cm³/mol. The third-order valence-corrected chi connectivity index (χ3v) is 5.94. The van der Waals surface area contributed by atoms with Crippen molar-refractivity contribution in [1.82, 2.24) is 0 Å². The molecule has 0 saturated heterocycles. The number of hydrogen-bond donors (Lipinski definition) is 0. The molecule has 0 N–H and O–H groups in total. The molecule has 0 aromatic rings. The Morgan fingerprint density at radius 1 is 0.500 bits per heavy atom. The van der Waals surface area contributed by atoms with Crippen molar-refractivity contribution in [3.63, 3.8) is 0 Å². The van der Waals surface area contributed by atoms with Gasteiger partial charge in [0.05, 0.1) is 0 Å². The van der Waals surface area contributed by atoms with Crippen molar-refractivity contribution in [3.8, 4) is 0 Å². The summed E-state index contributed by atoms with van der Waals surface area (Å²) >= 11 is 0. The van der Waals surface area contributed by atoms with E-state index in [9.17, 15) is 0 Å². The van der Waals surface area contributed by atoms with Crippen LogP contribution in [0.2, 0.25) is 13.1 Å². The quantitative estimate of drug-likeness (QED) is 0.215. The minimum Gasteiger partial charge on any atom is -0.395 e. The third-order valence-electron chi connectivity index (χ3n) is 4.15. The van der Waals surface area contributed by atoms with Gasteiger partial charge in [-0.2, -0.15) is 0 Å². The molecule has 2 nitrogen and oxygen atoms in total.